The lowest BCUT2D eigenvalue weighted by Gasteiger charge is -2.13. The number of benzene rings is 3. The summed E-state index contributed by atoms with van der Waals surface area (Å²) in [6, 6.07) is 16.8. The minimum Gasteiger partial charge on any atom is -0.289 e. The van der Waals surface area contributed by atoms with Gasteiger partial charge in [-0.1, -0.05) is 65.1 Å². The maximum absolute atomic E-state index is 12.8. The second-order valence-electron chi connectivity index (χ2n) is 5.57. The Bertz CT molecular complexity index is 1120. The second kappa shape index (κ2) is 7.90. The number of anilines is 1. The maximum atomic E-state index is 12.8. The molecule has 0 saturated carbocycles. The van der Waals surface area contributed by atoms with Crippen LogP contribution in [0.4, 0.5) is 5.69 Å². The van der Waals surface area contributed by atoms with E-state index in [0.29, 0.717) is 10.6 Å². The summed E-state index contributed by atoms with van der Waals surface area (Å²) < 4.78 is 27.8. The first-order valence-corrected chi connectivity index (χ1v) is 10.3. The molecular formula is C19H12Cl3NO3S. The van der Waals surface area contributed by atoms with Crippen LogP contribution < -0.4 is 4.72 Å². The van der Waals surface area contributed by atoms with Crippen LogP contribution in [0.15, 0.2) is 71.6 Å². The number of ketones is 1. The summed E-state index contributed by atoms with van der Waals surface area (Å²) in [7, 11) is -3.99. The van der Waals surface area contributed by atoms with E-state index in [2.05, 4.69) is 4.72 Å². The molecule has 0 saturated heterocycles. The van der Waals surface area contributed by atoms with Gasteiger partial charge in [0.15, 0.2) is 5.78 Å². The fourth-order valence-corrected chi connectivity index (χ4v) is 4.03. The van der Waals surface area contributed by atoms with Crippen LogP contribution in [0, 0.1) is 0 Å². The van der Waals surface area contributed by atoms with Crippen molar-refractivity contribution in [3.05, 3.63) is 92.9 Å². The molecule has 0 aliphatic heterocycles. The molecule has 3 rings (SSSR count). The first kappa shape index (κ1) is 19.7. The standard InChI is InChI=1S/C19H12Cl3NO3S/c20-13-6-9-18(15(10-13)19(24)12-4-2-1-3-5-12)23-27(25,26)14-7-8-16(21)17(22)11-14/h1-11,23H. The fraction of sp³-hybridized carbons (Fsp3) is 0. The van der Waals surface area contributed by atoms with Gasteiger partial charge < -0.3 is 0 Å². The quantitative estimate of drug-likeness (QED) is 0.519. The molecular weight excluding hydrogens is 429 g/mol. The van der Waals surface area contributed by atoms with Gasteiger partial charge in [0, 0.05) is 16.1 Å². The van der Waals surface area contributed by atoms with E-state index in [4.69, 9.17) is 34.8 Å². The van der Waals surface area contributed by atoms with Crippen molar-refractivity contribution in [3.8, 4) is 0 Å². The Hall–Kier alpha value is -2.05. The van der Waals surface area contributed by atoms with Crippen LogP contribution in [0.1, 0.15) is 15.9 Å². The van der Waals surface area contributed by atoms with Gasteiger partial charge in [0.2, 0.25) is 0 Å². The summed E-state index contributed by atoms with van der Waals surface area (Å²) in [4.78, 5) is 12.7. The zero-order valence-electron chi connectivity index (χ0n) is 13.6. The fourth-order valence-electron chi connectivity index (χ4n) is 2.39. The molecule has 0 aliphatic carbocycles. The third kappa shape index (κ3) is 4.45. The maximum Gasteiger partial charge on any atom is 0.261 e. The van der Waals surface area contributed by atoms with Gasteiger partial charge >= 0.3 is 0 Å². The zero-order valence-corrected chi connectivity index (χ0v) is 16.7. The van der Waals surface area contributed by atoms with E-state index >= 15 is 0 Å². The number of sulfonamides is 1. The van der Waals surface area contributed by atoms with Gasteiger partial charge in [-0.15, -0.1) is 0 Å². The molecule has 27 heavy (non-hydrogen) atoms. The van der Waals surface area contributed by atoms with E-state index in [0.717, 1.165) is 0 Å². The van der Waals surface area contributed by atoms with Crippen LogP contribution in [0.2, 0.25) is 15.1 Å². The van der Waals surface area contributed by atoms with Crippen molar-refractivity contribution in [2.45, 2.75) is 4.90 Å². The molecule has 0 unspecified atom stereocenters. The molecule has 0 amide bonds. The lowest BCUT2D eigenvalue weighted by Crippen LogP contribution is -2.16. The topological polar surface area (TPSA) is 63.2 Å². The summed E-state index contributed by atoms with van der Waals surface area (Å²) in [5.74, 6) is -0.357. The van der Waals surface area contributed by atoms with E-state index < -0.39 is 10.0 Å². The molecule has 4 nitrogen and oxygen atoms in total. The summed E-state index contributed by atoms with van der Waals surface area (Å²) in [5, 5.41) is 0.657. The molecule has 0 radical (unpaired) electrons. The van der Waals surface area contributed by atoms with Gasteiger partial charge in [-0.3, -0.25) is 9.52 Å². The van der Waals surface area contributed by atoms with E-state index in [1.807, 2.05) is 0 Å². The molecule has 0 heterocycles. The van der Waals surface area contributed by atoms with Gasteiger partial charge in [0.1, 0.15) is 0 Å². The van der Waals surface area contributed by atoms with Crippen molar-refractivity contribution >= 4 is 56.3 Å². The van der Waals surface area contributed by atoms with Gasteiger partial charge in [0.25, 0.3) is 10.0 Å². The van der Waals surface area contributed by atoms with Crippen molar-refractivity contribution in [2.75, 3.05) is 4.72 Å². The van der Waals surface area contributed by atoms with E-state index in [-0.39, 0.29) is 32.0 Å². The molecule has 0 fully saturated rings. The lowest BCUT2D eigenvalue weighted by atomic mass is 10.0. The molecule has 0 spiro atoms. The van der Waals surface area contributed by atoms with Crippen LogP contribution in [0.25, 0.3) is 0 Å². The predicted molar refractivity (Wildman–Crippen MR) is 109 cm³/mol. The van der Waals surface area contributed by atoms with Gasteiger partial charge in [0.05, 0.1) is 20.6 Å². The van der Waals surface area contributed by atoms with E-state index in [1.54, 1.807) is 30.3 Å². The summed E-state index contributed by atoms with van der Waals surface area (Å²) in [6.45, 7) is 0. The largest absolute Gasteiger partial charge is 0.289 e. The third-order valence-electron chi connectivity index (χ3n) is 3.71. The normalized spacial score (nSPS) is 11.2. The summed E-state index contributed by atoms with van der Waals surface area (Å²) in [6.07, 6.45) is 0. The molecule has 1 N–H and O–H groups in total. The van der Waals surface area contributed by atoms with Gasteiger partial charge in [-0.2, -0.15) is 0 Å². The Morgan fingerprint density at radius 1 is 0.815 bits per heavy atom. The average Bonchev–Trinajstić information content (AvgIpc) is 2.65. The predicted octanol–water partition coefficient (Wildman–Crippen LogP) is 5.68. The number of hydrogen-bond acceptors (Lipinski definition) is 3. The molecule has 0 aliphatic rings. The highest BCUT2D eigenvalue weighted by atomic mass is 35.5. The zero-order chi connectivity index (χ0) is 19.6. The molecule has 3 aromatic rings. The molecule has 8 heteroatoms. The van der Waals surface area contributed by atoms with Crippen LogP contribution in [0.5, 0.6) is 0 Å². The third-order valence-corrected chi connectivity index (χ3v) is 6.05. The Kier molecular flexibility index (Phi) is 5.77. The SMILES string of the molecule is O=C(c1ccccc1)c1cc(Cl)ccc1NS(=O)(=O)c1ccc(Cl)c(Cl)c1. The number of rotatable bonds is 5. The van der Waals surface area contributed by atoms with Crippen molar-refractivity contribution in [3.63, 3.8) is 0 Å². The Labute approximate surface area is 171 Å². The number of carbonyl (C=O) groups is 1. The van der Waals surface area contributed by atoms with Gasteiger partial charge in [-0.25, -0.2) is 8.42 Å². The van der Waals surface area contributed by atoms with Crippen molar-refractivity contribution in [1.82, 2.24) is 0 Å². The van der Waals surface area contributed by atoms with Crippen molar-refractivity contribution in [2.24, 2.45) is 0 Å². The molecule has 0 atom stereocenters. The number of halogens is 3. The highest BCUT2D eigenvalue weighted by Gasteiger charge is 2.21. The van der Waals surface area contributed by atoms with Crippen LogP contribution in [-0.2, 0) is 10.0 Å². The molecule has 3 aromatic carbocycles. The number of carbonyl (C=O) groups excluding carboxylic acids is 1. The molecule has 138 valence electrons. The molecule has 0 bridgehead atoms. The van der Waals surface area contributed by atoms with Crippen molar-refractivity contribution < 1.29 is 13.2 Å². The smallest absolute Gasteiger partial charge is 0.261 e. The average molecular weight is 441 g/mol. The number of nitrogens with one attached hydrogen (secondary N) is 1. The second-order valence-corrected chi connectivity index (χ2v) is 8.50. The number of hydrogen-bond donors (Lipinski definition) is 1. The van der Waals surface area contributed by atoms with Crippen LogP contribution >= 0.6 is 34.8 Å². The first-order chi connectivity index (χ1) is 12.8. The highest BCUT2D eigenvalue weighted by Crippen LogP contribution is 2.29. The summed E-state index contributed by atoms with van der Waals surface area (Å²) in [5.41, 5.74) is 0.659. The monoisotopic (exact) mass is 439 g/mol. The minimum atomic E-state index is -3.99. The Morgan fingerprint density at radius 3 is 2.19 bits per heavy atom. The Balaban J connectivity index is 2.02. The van der Waals surface area contributed by atoms with Crippen molar-refractivity contribution in [1.29, 1.82) is 0 Å². The summed E-state index contributed by atoms with van der Waals surface area (Å²) >= 11 is 17.8. The van der Waals surface area contributed by atoms with Crippen LogP contribution in [-0.4, -0.2) is 14.2 Å². The highest BCUT2D eigenvalue weighted by molar-refractivity contribution is 7.92. The molecule has 0 aromatic heterocycles. The lowest BCUT2D eigenvalue weighted by molar-refractivity contribution is 0.103. The minimum absolute atomic E-state index is 0.0787. The van der Waals surface area contributed by atoms with Crippen LogP contribution in [0.3, 0.4) is 0 Å². The van der Waals surface area contributed by atoms with Gasteiger partial charge in [-0.05, 0) is 36.4 Å². The first-order valence-electron chi connectivity index (χ1n) is 7.65. The Morgan fingerprint density at radius 2 is 1.52 bits per heavy atom. The van der Waals surface area contributed by atoms with E-state index in [1.165, 1.54) is 36.4 Å². The van der Waals surface area contributed by atoms with E-state index in [9.17, 15) is 13.2 Å².